The molecule has 3 rings (SSSR count). The SMILES string of the molecule is Cc1c(Cl)cccc1NC(=O)CNC(=O)CCC(=O)N1CCC(c2ccccc2)=N1. The van der Waals surface area contributed by atoms with Crippen molar-refractivity contribution in [2.45, 2.75) is 26.2 Å². The van der Waals surface area contributed by atoms with Gasteiger partial charge in [-0.2, -0.15) is 5.10 Å². The third kappa shape index (κ3) is 5.67. The Bertz CT molecular complexity index is 976. The number of rotatable bonds is 7. The van der Waals surface area contributed by atoms with E-state index in [1.54, 1.807) is 25.1 Å². The van der Waals surface area contributed by atoms with E-state index in [9.17, 15) is 14.4 Å². The second kappa shape index (κ2) is 10.0. The predicted octanol–water partition coefficient (Wildman–Crippen LogP) is 3.12. The summed E-state index contributed by atoms with van der Waals surface area (Å²) in [5.74, 6) is -0.945. The summed E-state index contributed by atoms with van der Waals surface area (Å²) >= 11 is 6.03. The molecule has 0 aromatic heterocycles. The van der Waals surface area contributed by atoms with Crippen molar-refractivity contribution in [3.05, 3.63) is 64.7 Å². The Morgan fingerprint density at radius 1 is 1.03 bits per heavy atom. The summed E-state index contributed by atoms with van der Waals surface area (Å²) in [6.45, 7) is 2.12. The van der Waals surface area contributed by atoms with Crippen LogP contribution in [0.1, 0.15) is 30.4 Å². The average molecular weight is 427 g/mol. The Kier molecular flexibility index (Phi) is 7.19. The van der Waals surface area contributed by atoms with Crippen molar-refractivity contribution < 1.29 is 14.4 Å². The van der Waals surface area contributed by atoms with Gasteiger partial charge in [-0.05, 0) is 30.2 Å². The lowest BCUT2D eigenvalue weighted by molar-refractivity contribution is -0.133. The zero-order valence-electron chi connectivity index (χ0n) is 16.7. The summed E-state index contributed by atoms with van der Waals surface area (Å²) in [7, 11) is 0. The summed E-state index contributed by atoms with van der Waals surface area (Å²) in [5.41, 5.74) is 3.20. The van der Waals surface area contributed by atoms with Crippen molar-refractivity contribution >= 4 is 40.7 Å². The topological polar surface area (TPSA) is 90.9 Å². The number of carbonyl (C=O) groups is 3. The second-order valence-corrected chi connectivity index (χ2v) is 7.32. The molecular formula is C22H23ClN4O3. The van der Waals surface area contributed by atoms with E-state index in [4.69, 9.17) is 11.6 Å². The largest absolute Gasteiger partial charge is 0.347 e. The zero-order valence-corrected chi connectivity index (χ0v) is 17.4. The monoisotopic (exact) mass is 426 g/mol. The summed E-state index contributed by atoms with van der Waals surface area (Å²) in [4.78, 5) is 36.4. The molecule has 1 heterocycles. The van der Waals surface area contributed by atoms with Crippen LogP contribution >= 0.6 is 11.6 Å². The number of anilines is 1. The summed E-state index contributed by atoms with van der Waals surface area (Å²) in [6.07, 6.45) is 0.715. The normalized spacial score (nSPS) is 13.0. The maximum atomic E-state index is 12.3. The van der Waals surface area contributed by atoms with Gasteiger partial charge in [-0.1, -0.05) is 48.0 Å². The Hall–Kier alpha value is -3.19. The quantitative estimate of drug-likeness (QED) is 0.712. The van der Waals surface area contributed by atoms with Crippen LogP contribution in [0.5, 0.6) is 0 Å². The molecule has 8 heteroatoms. The highest BCUT2D eigenvalue weighted by atomic mass is 35.5. The molecule has 3 amide bonds. The molecule has 0 atom stereocenters. The molecule has 0 saturated heterocycles. The fourth-order valence-electron chi connectivity index (χ4n) is 3.02. The lowest BCUT2D eigenvalue weighted by Crippen LogP contribution is -2.34. The summed E-state index contributed by atoms with van der Waals surface area (Å²) in [6, 6.07) is 14.9. The molecule has 2 aromatic carbocycles. The number of carbonyl (C=O) groups excluding carboxylic acids is 3. The van der Waals surface area contributed by atoms with Gasteiger partial charge in [-0.3, -0.25) is 14.4 Å². The second-order valence-electron chi connectivity index (χ2n) is 6.92. The first kappa shape index (κ1) is 21.5. The van der Waals surface area contributed by atoms with Crippen LogP contribution in [0.2, 0.25) is 5.02 Å². The summed E-state index contributed by atoms with van der Waals surface area (Å²) < 4.78 is 0. The van der Waals surface area contributed by atoms with Crippen LogP contribution in [0.4, 0.5) is 5.69 Å². The predicted molar refractivity (Wildman–Crippen MR) is 116 cm³/mol. The minimum Gasteiger partial charge on any atom is -0.347 e. The van der Waals surface area contributed by atoms with Crippen molar-refractivity contribution in [3.8, 4) is 0 Å². The highest BCUT2D eigenvalue weighted by molar-refractivity contribution is 6.31. The molecule has 30 heavy (non-hydrogen) atoms. The van der Waals surface area contributed by atoms with Crippen LogP contribution in [0.3, 0.4) is 0 Å². The molecule has 0 saturated carbocycles. The lowest BCUT2D eigenvalue weighted by atomic mass is 10.1. The van der Waals surface area contributed by atoms with Crippen LogP contribution in [0.25, 0.3) is 0 Å². The minimum absolute atomic E-state index is 0.00496. The van der Waals surface area contributed by atoms with Gasteiger partial charge in [0, 0.05) is 30.0 Å². The fourth-order valence-corrected chi connectivity index (χ4v) is 3.20. The molecule has 156 valence electrons. The number of nitrogens with one attached hydrogen (secondary N) is 2. The van der Waals surface area contributed by atoms with Gasteiger partial charge in [0.2, 0.25) is 17.7 Å². The van der Waals surface area contributed by atoms with E-state index < -0.39 is 0 Å². The molecule has 0 spiro atoms. The molecule has 2 N–H and O–H groups in total. The van der Waals surface area contributed by atoms with E-state index in [0.717, 1.165) is 16.8 Å². The Morgan fingerprint density at radius 3 is 2.57 bits per heavy atom. The van der Waals surface area contributed by atoms with E-state index in [1.807, 2.05) is 30.3 Å². The number of hydrogen-bond donors (Lipinski definition) is 2. The van der Waals surface area contributed by atoms with Crippen molar-refractivity contribution in [1.29, 1.82) is 0 Å². The van der Waals surface area contributed by atoms with Crippen molar-refractivity contribution in [2.24, 2.45) is 5.10 Å². The van der Waals surface area contributed by atoms with Crippen molar-refractivity contribution in [3.63, 3.8) is 0 Å². The molecule has 1 aliphatic heterocycles. The van der Waals surface area contributed by atoms with Crippen LogP contribution in [-0.4, -0.2) is 41.5 Å². The maximum absolute atomic E-state index is 12.3. The lowest BCUT2D eigenvalue weighted by Gasteiger charge is -2.12. The third-order valence-corrected chi connectivity index (χ3v) is 5.16. The standard InChI is InChI=1S/C22H23ClN4O3/c1-15-17(23)8-5-9-18(15)25-21(29)14-24-20(28)10-11-22(30)27-13-12-19(26-27)16-6-3-2-4-7-16/h2-9H,10-14H2,1H3,(H,24,28)(H,25,29). The number of hydrazone groups is 1. The molecule has 0 aliphatic carbocycles. The molecule has 1 aliphatic rings. The average Bonchev–Trinajstić information content (AvgIpc) is 3.25. The number of hydrogen-bond acceptors (Lipinski definition) is 4. The van der Waals surface area contributed by atoms with Gasteiger partial charge in [-0.25, -0.2) is 5.01 Å². The Morgan fingerprint density at radius 2 is 1.80 bits per heavy atom. The van der Waals surface area contributed by atoms with Gasteiger partial charge in [-0.15, -0.1) is 0 Å². The van der Waals surface area contributed by atoms with E-state index in [2.05, 4.69) is 15.7 Å². The highest BCUT2D eigenvalue weighted by Gasteiger charge is 2.22. The molecule has 2 aromatic rings. The molecule has 0 bridgehead atoms. The van der Waals surface area contributed by atoms with Crippen LogP contribution < -0.4 is 10.6 Å². The first-order valence-corrected chi connectivity index (χ1v) is 10.1. The van der Waals surface area contributed by atoms with Gasteiger partial charge >= 0.3 is 0 Å². The molecule has 0 unspecified atom stereocenters. The molecule has 7 nitrogen and oxygen atoms in total. The Balaban J connectivity index is 1.41. The van der Waals surface area contributed by atoms with E-state index in [0.29, 0.717) is 23.7 Å². The van der Waals surface area contributed by atoms with Gasteiger partial charge in [0.25, 0.3) is 0 Å². The highest BCUT2D eigenvalue weighted by Crippen LogP contribution is 2.22. The minimum atomic E-state index is -0.368. The van der Waals surface area contributed by atoms with Crippen molar-refractivity contribution in [1.82, 2.24) is 10.3 Å². The molecule has 0 fully saturated rings. The van der Waals surface area contributed by atoms with E-state index in [1.165, 1.54) is 5.01 Å². The van der Waals surface area contributed by atoms with Crippen LogP contribution in [-0.2, 0) is 14.4 Å². The number of amides is 3. The first-order valence-electron chi connectivity index (χ1n) is 9.69. The fraction of sp³-hybridized carbons (Fsp3) is 0.273. The molecule has 0 radical (unpaired) electrons. The van der Waals surface area contributed by atoms with Gasteiger partial charge in [0.05, 0.1) is 18.8 Å². The summed E-state index contributed by atoms with van der Waals surface area (Å²) in [5, 5.41) is 11.6. The van der Waals surface area contributed by atoms with E-state index in [-0.39, 0.29) is 37.1 Å². The Labute approximate surface area is 180 Å². The zero-order chi connectivity index (χ0) is 21.5. The van der Waals surface area contributed by atoms with Crippen LogP contribution in [0, 0.1) is 6.92 Å². The number of nitrogens with zero attached hydrogens (tertiary/aromatic N) is 2. The van der Waals surface area contributed by atoms with E-state index >= 15 is 0 Å². The van der Waals surface area contributed by atoms with Crippen molar-refractivity contribution in [2.75, 3.05) is 18.4 Å². The number of benzene rings is 2. The smallest absolute Gasteiger partial charge is 0.243 e. The molecular weight excluding hydrogens is 404 g/mol. The van der Waals surface area contributed by atoms with Crippen LogP contribution in [0.15, 0.2) is 53.6 Å². The van der Waals surface area contributed by atoms with Gasteiger partial charge in [0.1, 0.15) is 0 Å². The first-order chi connectivity index (χ1) is 14.4. The van der Waals surface area contributed by atoms with Gasteiger partial charge < -0.3 is 10.6 Å². The third-order valence-electron chi connectivity index (χ3n) is 4.75. The maximum Gasteiger partial charge on any atom is 0.243 e. The van der Waals surface area contributed by atoms with Gasteiger partial charge in [0.15, 0.2) is 0 Å². The number of halogens is 1.